The van der Waals surface area contributed by atoms with E-state index in [0.29, 0.717) is 0 Å². The van der Waals surface area contributed by atoms with E-state index in [9.17, 15) is 0 Å². The lowest BCUT2D eigenvalue weighted by Gasteiger charge is -2.35. The monoisotopic (exact) mass is 721 g/mol. The largest absolute Gasteiger partial charge is 0.314 e. The molecular weight excluding hydrogens is 675 g/mol. The Labute approximate surface area is 332 Å². The van der Waals surface area contributed by atoms with E-state index in [1.165, 1.54) is 83.9 Å². The summed E-state index contributed by atoms with van der Waals surface area (Å²) in [5, 5.41) is 0. The summed E-state index contributed by atoms with van der Waals surface area (Å²) in [4.78, 5) is 2.46. The van der Waals surface area contributed by atoms with Crippen LogP contribution in [0.1, 0.15) is 61.8 Å². The van der Waals surface area contributed by atoms with E-state index >= 15 is 0 Å². The standard InChI is InChI=1S/C55H47N/c1-3-55(4-2)53-37-41(29-34-50(53)51-36-33-48(39-54(51)55)56(46-21-13-7-14-22-46)47-23-15-8-16-24-47)26-25-40-27-30-44(31-28-40)49-35-32-45(42-17-9-5-10-18-42)38-52(49)43-19-11-6-12-20-43/h5-32,34-35,37-39H,3-4,33,36H2,1-2H3/b26-25+. The van der Waals surface area contributed by atoms with E-state index in [-0.39, 0.29) is 5.41 Å². The van der Waals surface area contributed by atoms with Gasteiger partial charge in [-0.05, 0) is 129 Å². The molecule has 0 aliphatic heterocycles. The van der Waals surface area contributed by atoms with Crippen LogP contribution in [0.3, 0.4) is 0 Å². The number of rotatable bonds is 10. The summed E-state index contributed by atoms with van der Waals surface area (Å²) >= 11 is 0. The number of anilines is 2. The highest BCUT2D eigenvalue weighted by Crippen LogP contribution is 2.55. The van der Waals surface area contributed by atoms with Crippen LogP contribution in [0.2, 0.25) is 0 Å². The molecule has 272 valence electrons. The number of benzene rings is 7. The zero-order valence-corrected chi connectivity index (χ0v) is 32.3. The maximum atomic E-state index is 2.54. The highest BCUT2D eigenvalue weighted by Gasteiger charge is 2.43. The Hall–Kier alpha value is -6.44. The van der Waals surface area contributed by atoms with Gasteiger partial charge in [0.15, 0.2) is 0 Å². The Morgan fingerprint density at radius 3 is 1.61 bits per heavy atom. The van der Waals surface area contributed by atoms with Crippen LogP contribution in [0.5, 0.6) is 0 Å². The van der Waals surface area contributed by atoms with Crippen LogP contribution in [0.15, 0.2) is 199 Å². The third-order valence-corrected chi connectivity index (χ3v) is 12.1. The molecule has 1 nitrogen and oxygen atoms in total. The fourth-order valence-electron chi connectivity index (χ4n) is 9.14. The average molecular weight is 722 g/mol. The van der Waals surface area contributed by atoms with Gasteiger partial charge in [0.2, 0.25) is 0 Å². The molecule has 0 radical (unpaired) electrons. The molecule has 0 spiro atoms. The minimum absolute atomic E-state index is 0.00655. The molecule has 0 bridgehead atoms. The minimum Gasteiger partial charge on any atom is -0.314 e. The van der Waals surface area contributed by atoms with Crippen molar-refractivity contribution in [1.82, 2.24) is 0 Å². The fourth-order valence-corrected chi connectivity index (χ4v) is 9.14. The van der Waals surface area contributed by atoms with Gasteiger partial charge in [0.05, 0.1) is 0 Å². The van der Waals surface area contributed by atoms with E-state index in [1.54, 1.807) is 0 Å². The van der Waals surface area contributed by atoms with E-state index in [0.717, 1.165) is 25.7 Å². The minimum atomic E-state index is -0.00655. The molecule has 7 aromatic carbocycles. The predicted molar refractivity (Wildman–Crippen MR) is 240 cm³/mol. The second kappa shape index (κ2) is 15.4. The summed E-state index contributed by atoms with van der Waals surface area (Å²) in [6.45, 7) is 4.75. The van der Waals surface area contributed by atoms with Crippen LogP contribution in [-0.4, -0.2) is 0 Å². The molecule has 0 amide bonds. The van der Waals surface area contributed by atoms with Gasteiger partial charge in [0, 0.05) is 22.5 Å². The van der Waals surface area contributed by atoms with Gasteiger partial charge in [0.25, 0.3) is 0 Å². The van der Waals surface area contributed by atoms with Gasteiger partial charge in [-0.3, -0.25) is 0 Å². The molecule has 0 N–H and O–H groups in total. The molecule has 0 fully saturated rings. The maximum Gasteiger partial charge on any atom is 0.0458 e. The lowest BCUT2D eigenvalue weighted by molar-refractivity contribution is 0.484. The molecule has 2 aliphatic rings. The Kier molecular flexibility index (Phi) is 9.68. The Morgan fingerprint density at radius 2 is 0.982 bits per heavy atom. The Bertz CT molecular complexity index is 2520. The smallest absolute Gasteiger partial charge is 0.0458 e. The Morgan fingerprint density at radius 1 is 0.464 bits per heavy atom. The molecule has 0 heterocycles. The van der Waals surface area contributed by atoms with Gasteiger partial charge in [0.1, 0.15) is 0 Å². The maximum absolute atomic E-state index is 2.54. The summed E-state index contributed by atoms with van der Waals surface area (Å²) in [6, 6.07) is 66.1. The van der Waals surface area contributed by atoms with E-state index in [4.69, 9.17) is 0 Å². The van der Waals surface area contributed by atoms with Crippen molar-refractivity contribution in [1.29, 1.82) is 0 Å². The van der Waals surface area contributed by atoms with Crippen molar-refractivity contribution in [3.05, 3.63) is 222 Å². The summed E-state index contributed by atoms with van der Waals surface area (Å²) in [5.74, 6) is 0. The molecule has 0 saturated carbocycles. The van der Waals surface area contributed by atoms with Crippen LogP contribution in [-0.2, 0) is 5.41 Å². The molecular formula is C55H47N. The average Bonchev–Trinajstić information content (AvgIpc) is 3.55. The zero-order chi connectivity index (χ0) is 37.9. The van der Waals surface area contributed by atoms with Crippen molar-refractivity contribution in [2.75, 3.05) is 4.90 Å². The first-order valence-electron chi connectivity index (χ1n) is 20.2. The Balaban J connectivity index is 1.01. The molecule has 7 aromatic rings. The highest BCUT2D eigenvalue weighted by atomic mass is 15.1. The summed E-state index contributed by atoms with van der Waals surface area (Å²) in [7, 11) is 0. The number of nitrogens with zero attached hydrogens (tertiary/aromatic N) is 1. The van der Waals surface area contributed by atoms with Crippen molar-refractivity contribution >= 4 is 29.1 Å². The SMILES string of the molecule is CCC1(CC)C2=C(CCC(N(c3ccccc3)c3ccccc3)=C2)c2ccc(/C=C/c3ccc(-c4ccc(-c5ccccc5)cc4-c4ccccc4)cc3)cc21. The van der Waals surface area contributed by atoms with Crippen molar-refractivity contribution < 1.29 is 0 Å². The van der Waals surface area contributed by atoms with Gasteiger partial charge in [-0.1, -0.05) is 178 Å². The molecule has 0 saturated heterocycles. The third-order valence-electron chi connectivity index (χ3n) is 12.1. The van der Waals surface area contributed by atoms with Crippen LogP contribution in [0.25, 0.3) is 51.1 Å². The lowest BCUT2D eigenvalue weighted by atomic mass is 9.71. The molecule has 56 heavy (non-hydrogen) atoms. The third kappa shape index (κ3) is 6.54. The number of para-hydroxylation sites is 2. The summed E-state index contributed by atoms with van der Waals surface area (Å²) in [5.41, 5.74) is 19.6. The van der Waals surface area contributed by atoms with Gasteiger partial charge < -0.3 is 4.90 Å². The molecule has 2 aliphatic carbocycles. The summed E-state index contributed by atoms with van der Waals surface area (Å²) in [6.07, 6.45) is 11.3. The van der Waals surface area contributed by atoms with Gasteiger partial charge in [-0.2, -0.15) is 0 Å². The van der Waals surface area contributed by atoms with Crippen LogP contribution in [0, 0.1) is 0 Å². The van der Waals surface area contributed by atoms with Crippen molar-refractivity contribution in [2.45, 2.75) is 44.9 Å². The van der Waals surface area contributed by atoms with Crippen LogP contribution < -0.4 is 4.90 Å². The number of allylic oxidation sites excluding steroid dienone is 4. The fraction of sp³-hybridized carbons (Fsp3) is 0.127. The van der Waals surface area contributed by atoms with Gasteiger partial charge in [-0.15, -0.1) is 0 Å². The predicted octanol–water partition coefficient (Wildman–Crippen LogP) is 15.2. The van der Waals surface area contributed by atoms with E-state index in [1.807, 2.05) is 0 Å². The molecule has 9 rings (SSSR count). The number of hydrogen-bond acceptors (Lipinski definition) is 1. The van der Waals surface area contributed by atoms with Crippen molar-refractivity contribution in [3.63, 3.8) is 0 Å². The first-order valence-corrected chi connectivity index (χ1v) is 20.2. The lowest BCUT2D eigenvalue weighted by Crippen LogP contribution is -2.26. The zero-order valence-electron chi connectivity index (χ0n) is 32.3. The molecule has 0 aromatic heterocycles. The van der Waals surface area contributed by atoms with E-state index < -0.39 is 0 Å². The highest BCUT2D eigenvalue weighted by molar-refractivity contribution is 5.89. The van der Waals surface area contributed by atoms with E-state index in [2.05, 4.69) is 219 Å². The van der Waals surface area contributed by atoms with Gasteiger partial charge >= 0.3 is 0 Å². The topological polar surface area (TPSA) is 3.24 Å². The molecule has 0 atom stereocenters. The summed E-state index contributed by atoms with van der Waals surface area (Å²) < 4.78 is 0. The normalized spacial score (nSPS) is 14.4. The van der Waals surface area contributed by atoms with Crippen molar-refractivity contribution in [2.24, 2.45) is 0 Å². The quantitative estimate of drug-likeness (QED) is 0.127. The molecule has 1 heteroatoms. The first kappa shape index (κ1) is 35.3. The molecule has 0 unspecified atom stereocenters. The van der Waals surface area contributed by atoms with Crippen LogP contribution in [0.4, 0.5) is 11.4 Å². The van der Waals surface area contributed by atoms with Crippen molar-refractivity contribution in [3.8, 4) is 33.4 Å². The second-order valence-electron chi connectivity index (χ2n) is 15.1. The number of fused-ring (bicyclic) bond motifs is 2. The second-order valence-corrected chi connectivity index (χ2v) is 15.1. The first-order chi connectivity index (χ1) is 27.6. The van der Waals surface area contributed by atoms with Gasteiger partial charge in [-0.25, -0.2) is 0 Å². The van der Waals surface area contributed by atoms with Crippen LogP contribution >= 0.6 is 0 Å². The number of hydrogen-bond donors (Lipinski definition) is 0.